The van der Waals surface area contributed by atoms with Gasteiger partial charge in [-0.05, 0) is 43.7 Å². The van der Waals surface area contributed by atoms with Gasteiger partial charge in [-0.15, -0.1) is 0 Å². The number of nitrogens with zero attached hydrogens (tertiary/aromatic N) is 2. The second-order valence-electron chi connectivity index (χ2n) is 7.07. The van der Waals surface area contributed by atoms with Crippen molar-refractivity contribution >= 4 is 22.7 Å². The molecule has 0 radical (unpaired) electrons. The zero-order valence-electron chi connectivity index (χ0n) is 18.3. The number of likely N-dealkylation sites (N-methyl/N-ethyl adjacent to an activating group) is 1. The first-order valence-electron chi connectivity index (χ1n) is 10.2. The molecular formula is C23H26N4O5. The van der Waals surface area contributed by atoms with E-state index in [1.54, 1.807) is 43.3 Å². The molecule has 0 aliphatic rings. The number of hydrogen-bond acceptors (Lipinski definition) is 6. The number of aromatic nitrogens is 2. The van der Waals surface area contributed by atoms with Crippen LogP contribution < -0.4 is 25.7 Å². The van der Waals surface area contributed by atoms with Crippen molar-refractivity contribution in [3.8, 4) is 11.5 Å². The van der Waals surface area contributed by atoms with Crippen LogP contribution in [0.25, 0.3) is 10.9 Å². The van der Waals surface area contributed by atoms with E-state index in [4.69, 9.17) is 9.47 Å². The molecule has 0 fully saturated rings. The Morgan fingerprint density at radius 3 is 2.59 bits per heavy atom. The Labute approximate surface area is 185 Å². The minimum atomic E-state index is -0.317. The third-order valence-corrected chi connectivity index (χ3v) is 4.80. The van der Waals surface area contributed by atoms with Crippen LogP contribution in [-0.4, -0.2) is 41.6 Å². The smallest absolute Gasteiger partial charge is 0.261 e. The molecule has 32 heavy (non-hydrogen) atoms. The number of nitrogens with one attached hydrogen (secondary N) is 2. The fourth-order valence-electron chi connectivity index (χ4n) is 3.20. The van der Waals surface area contributed by atoms with Gasteiger partial charge >= 0.3 is 0 Å². The van der Waals surface area contributed by atoms with Crippen molar-refractivity contribution in [3.63, 3.8) is 0 Å². The van der Waals surface area contributed by atoms with Crippen molar-refractivity contribution < 1.29 is 19.1 Å². The molecule has 0 spiro atoms. The molecule has 1 aromatic heterocycles. The first-order valence-corrected chi connectivity index (χ1v) is 10.2. The molecule has 0 aliphatic heterocycles. The molecule has 0 bridgehead atoms. The molecule has 2 amide bonds. The van der Waals surface area contributed by atoms with Crippen LogP contribution in [0.15, 0.2) is 47.3 Å². The Morgan fingerprint density at radius 1 is 1.06 bits per heavy atom. The fraction of sp³-hybridized carbons (Fsp3) is 0.304. The van der Waals surface area contributed by atoms with Crippen molar-refractivity contribution in [2.75, 3.05) is 20.3 Å². The lowest BCUT2D eigenvalue weighted by Crippen LogP contribution is -2.33. The SMILES string of the molecule is CCNC(=O)COc1ccc(CNC(=O)Cn2c(C)nc3ccccc3c2=O)cc1OC. The Hall–Kier alpha value is -3.88. The van der Waals surface area contributed by atoms with Gasteiger partial charge in [0, 0.05) is 13.1 Å². The predicted octanol–water partition coefficient (Wildman–Crippen LogP) is 1.54. The molecular weight excluding hydrogens is 412 g/mol. The van der Waals surface area contributed by atoms with Crippen LogP contribution in [0.2, 0.25) is 0 Å². The maximum atomic E-state index is 12.7. The van der Waals surface area contributed by atoms with Gasteiger partial charge in [0.2, 0.25) is 5.91 Å². The standard InChI is InChI=1S/C23H26N4O5/c1-4-24-22(29)14-32-19-10-9-16(11-20(19)31-3)12-25-21(28)13-27-15(2)26-18-8-6-5-7-17(18)23(27)30/h5-11H,4,12-14H2,1-3H3,(H,24,29)(H,25,28). The second kappa shape index (κ2) is 10.4. The summed E-state index contributed by atoms with van der Waals surface area (Å²) in [5, 5.41) is 5.93. The van der Waals surface area contributed by atoms with Gasteiger partial charge in [0.25, 0.3) is 11.5 Å². The van der Waals surface area contributed by atoms with Gasteiger partial charge in [0.1, 0.15) is 12.4 Å². The van der Waals surface area contributed by atoms with E-state index in [1.807, 2.05) is 13.0 Å². The number of methoxy groups -OCH3 is 1. The largest absolute Gasteiger partial charge is 0.493 e. The molecule has 0 unspecified atom stereocenters. The highest BCUT2D eigenvalue weighted by Gasteiger charge is 2.12. The summed E-state index contributed by atoms with van der Waals surface area (Å²) in [6.45, 7) is 4.04. The Balaban J connectivity index is 1.64. The van der Waals surface area contributed by atoms with Crippen molar-refractivity contribution in [1.29, 1.82) is 0 Å². The Kier molecular flexibility index (Phi) is 7.43. The number of aryl methyl sites for hydroxylation is 1. The van der Waals surface area contributed by atoms with E-state index in [0.29, 0.717) is 34.8 Å². The van der Waals surface area contributed by atoms with Gasteiger partial charge in [-0.2, -0.15) is 0 Å². The maximum absolute atomic E-state index is 12.7. The van der Waals surface area contributed by atoms with Gasteiger partial charge in [-0.1, -0.05) is 18.2 Å². The normalized spacial score (nSPS) is 10.6. The number of para-hydroxylation sites is 1. The van der Waals surface area contributed by atoms with E-state index < -0.39 is 0 Å². The minimum Gasteiger partial charge on any atom is -0.493 e. The molecule has 1 heterocycles. The van der Waals surface area contributed by atoms with Gasteiger partial charge in [-0.25, -0.2) is 4.98 Å². The average molecular weight is 438 g/mol. The first-order chi connectivity index (χ1) is 15.4. The van der Waals surface area contributed by atoms with Gasteiger partial charge < -0.3 is 20.1 Å². The third kappa shape index (κ3) is 5.42. The van der Waals surface area contributed by atoms with E-state index in [1.165, 1.54) is 11.7 Å². The van der Waals surface area contributed by atoms with Gasteiger partial charge in [0.15, 0.2) is 18.1 Å². The number of ether oxygens (including phenoxy) is 2. The van der Waals surface area contributed by atoms with Gasteiger partial charge in [-0.3, -0.25) is 19.0 Å². The number of rotatable bonds is 9. The minimum absolute atomic E-state index is 0.117. The van der Waals surface area contributed by atoms with Crippen LogP contribution in [-0.2, 0) is 22.7 Å². The average Bonchev–Trinajstić information content (AvgIpc) is 2.79. The lowest BCUT2D eigenvalue weighted by atomic mass is 10.2. The molecule has 9 heteroatoms. The highest BCUT2D eigenvalue weighted by Crippen LogP contribution is 2.28. The first kappa shape index (κ1) is 22.8. The van der Waals surface area contributed by atoms with Crippen molar-refractivity contribution in [2.24, 2.45) is 0 Å². The summed E-state index contributed by atoms with van der Waals surface area (Å²) >= 11 is 0. The van der Waals surface area contributed by atoms with Crippen molar-refractivity contribution in [1.82, 2.24) is 20.2 Å². The summed E-state index contributed by atoms with van der Waals surface area (Å²) in [6, 6.07) is 12.2. The molecule has 3 aromatic rings. The highest BCUT2D eigenvalue weighted by atomic mass is 16.5. The quantitative estimate of drug-likeness (QED) is 0.524. The summed E-state index contributed by atoms with van der Waals surface area (Å²) in [6.07, 6.45) is 0. The third-order valence-electron chi connectivity index (χ3n) is 4.80. The van der Waals surface area contributed by atoms with Crippen LogP contribution in [0.5, 0.6) is 11.5 Å². The van der Waals surface area contributed by atoms with Gasteiger partial charge in [0.05, 0.1) is 18.0 Å². The predicted molar refractivity (Wildman–Crippen MR) is 120 cm³/mol. The zero-order valence-corrected chi connectivity index (χ0v) is 18.3. The molecule has 2 aromatic carbocycles. The topological polar surface area (TPSA) is 112 Å². The fourth-order valence-corrected chi connectivity index (χ4v) is 3.20. The van der Waals surface area contributed by atoms with Crippen molar-refractivity contribution in [3.05, 3.63) is 64.2 Å². The van der Waals surface area contributed by atoms with E-state index in [-0.39, 0.29) is 37.1 Å². The summed E-state index contributed by atoms with van der Waals surface area (Å²) < 4.78 is 12.2. The number of fused-ring (bicyclic) bond motifs is 1. The maximum Gasteiger partial charge on any atom is 0.261 e. The van der Waals surface area contributed by atoms with Crippen LogP contribution in [0.4, 0.5) is 0 Å². The lowest BCUT2D eigenvalue weighted by molar-refractivity contribution is -0.123. The number of carbonyl (C=O) groups excluding carboxylic acids is 2. The second-order valence-corrected chi connectivity index (χ2v) is 7.07. The van der Waals surface area contributed by atoms with Crippen LogP contribution in [0.3, 0.4) is 0 Å². The molecule has 168 valence electrons. The number of benzene rings is 2. The number of carbonyl (C=O) groups is 2. The molecule has 9 nitrogen and oxygen atoms in total. The molecule has 3 rings (SSSR count). The molecule has 0 atom stereocenters. The number of hydrogen-bond donors (Lipinski definition) is 2. The van der Waals surface area contributed by atoms with E-state index in [9.17, 15) is 14.4 Å². The summed E-state index contributed by atoms with van der Waals surface area (Å²) in [5.74, 6) is 0.812. The summed E-state index contributed by atoms with van der Waals surface area (Å²) in [7, 11) is 1.50. The van der Waals surface area contributed by atoms with E-state index in [0.717, 1.165) is 5.56 Å². The number of amides is 2. The monoisotopic (exact) mass is 438 g/mol. The van der Waals surface area contributed by atoms with E-state index in [2.05, 4.69) is 15.6 Å². The zero-order chi connectivity index (χ0) is 23.1. The molecule has 0 saturated carbocycles. The van der Waals surface area contributed by atoms with Crippen LogP contribution in [0.1, 0.15) is 18.3 Å². The van der Waals surface area contributed by atoms with E-state index >= 15 is 0 Å². The molecule has 2 N–H and O–H groups in total. The lowest BCUT2D eigenvalue weighted by Gasteiger charge is -2.13. The molecule has 0 aliphatic carbocycles. The van der Waals surface area contributed by atoms with Crippen molar-refractivity contribution in [2.45, 2.75) is 26.9 Å². The summed E-state index contributed by atoms with van der Waals surface area (Å²) in [5.41, 5.74) is 1.13. The van der Waals surface area contributed by atoms with Crippen LogP contribution >= 0.6 is 0 Å². The Morgan fingerprint density at radius 2 is 1.84 bits per heavy atom. The Bertz CT molecular complexity index is 1190. The molecule has 0 saturated heterocycles. The highest BCUT2D eigenvalue weighted by molar-refractivity contribution is 5.79. The van der Waals surface area contributed by atoms with Crippen LogP contribution in [0, 0.1) is 6.92 Å². The summed E-state index contributed by atoms with van der Waals surface area (Å²) in [4.78, 5) is 41.2.